The fourth-order valence-corrected chi connectivity index (χ4v) is 3.02. The van der Waals surface area contributed by atoms with Gasteiger partial charge >= 0.3 is 0 Å². The molecule has 0 bridgehead atoms. The second kappa shape index (κ2) is 6.89. The van der Waals surface area contributed by atoms with E-state index in [2.05, 4.69) is 4.72 Å². The quantitative estimate of drug-likeness (QED) is 0.832. The smallest absolute Gasteiger partial charge is 0.240 e. The van der Waals surface area contributed by atoms with Crippen LogP contribution in [-0.4, -0.2) is 21.6 Å². The van der Waals surface area contributed by atoms with Crippen molar-refractivity contribution in [2.24, 2.45) is 0 Å². The van der Waals surface area contributed by atoms with E-state index in [0.29, 0.717) is 5.56 Å². The lowest BCUT2D eigenvalue weighted by Gasteiger charge is -2.10. The summed E-state index contributed by atoms with van der Waals surface area (Å²) in [6.07, 6.45) is 0. The minimum absolute atomic E-state index is 0.0438. The molecule has 1 N–H and O–H groups in total. The first-order chi connectivity index (χ1) is 10.4. The van der Waals surface area contributed by atoms with E-state index in [1.54, 1.807) is 0 Å². The Morgan fingerprint density at radius 2 is 1.82 bits per heavy atom. The summed E-state index contributed by atoms with van der Waals surface area (Å²) < 4.78 is 45.3. The lowest BCUT2D eigenvalue weighted by atomic mass is 10.2. The Kier molecular flexibility index (Phi) is 5.15. The zero-order valence-corrected chi connectivity index (χ0v) is 13.3. The van der Waals surface area contributed by atoms with E-state index in [1.165, 1.54) is 19.1 Å². The average Bonchev–Trinajstić information content (AvgIpc) is 2.48. The van der Waals surface area contributed by atoms with E-state index in [1.807, 2.05) is 31.2 Å². The number of hydrogen-bond donors (Lipinski definition) is 1. The van der Waals surface area contributed by atoms with Crippen LogP contribution in [0, 0.1) is 19.7 Å². The largest absolute Gasteiger partial charge is 0.492 e. The third-order valence-corrected chi connectivity index (χ3v) is 4.64. The van der Waals surface area contributed by atoms with Gasteiger partial charge in [-0.15, -0.1) is 0 Å². The van der Waals surface area contributed by atoms with Crippen molar-refractivity contribution >= 4 is 10.0 Å². The molecule has 0 heterocycles. The van der Waals surface area contributed by atoms with Crippen LogP contribution in [0.5, 0.6) is 5.75 Å². The molecule has 0 unspecified atom stereocenters. The minimum atomic E-state index is -3.66. The molecule has 0 radical (unpaired) electrons. The van der Waals surface area contributed by atoms with Crippen molar-refractivity contribution < 1.29 is 17.5 Å². The van der Waals surface area contributed by atoms with Crippen molar-refractivity contribution in [1.82, 2.24) is 4.72 Å². The van der Waals surface area contributed by atoms with Gasteiger partial charge in [0.25, 0.3) is 0 Å². The van der Waals surface area contributed by atoms with Crippen molar-refractivity contribution in [3.63, 3.8) is 0 Å². The Balaban J connectivity index is 1.93. The topological polar surface area (TPSA) is 55.4 Å². The monoisotopic (exact) mass is 323 g/mol. The molecule has 0 aromatic heterocycles. The van der Waals surface area contributed by atoms with Gasteiger partial charge in [0.15, 0.2) is 0 Å². The predicted octanol–water partition coefficient (Wildman–Crippen LogP) is 2.80. The molecule has 0 saturated carbocycles. The molecule has 0 atom stereocenters. The van der Waals surface area contributed by atoms with Crippen molar-refractivity contribution in [3.8, 4) is 5.75 Å². The molecule has 0 fully saturated rings. The molecule has 0 saturated heterocycles. The van der Waals surface area contributed by atoms with E-state index in [-0.39, 0.29) is 18.0 Å². The van der Waals surface area contributed by atoms with Gasteiger partial charge in [-0.3, -0.25) is 0 Å². The van der Waals surface area contributed by atoms with Gasteiger partial charge in [0.05, 0.1) is 4.90 Å². The zero-order chi connectivity index (χ0) is 16.2. The highest BCUT2D eigenvalue weighted by Crippen LogP contribution is 2.16. The van der Waals surface area contributed by atoms with Crippen LogP contribution in [0.3, 0.4) is 0 Å². The van der Waals surface area contributed by atoms with Crippen LogP contribution in [0.25, 0.3) is 0 Å². The average molecular weight is 323 g/mol. The highest BCUT2D eigenvalue weighted by Gasteiger charge is 2.14. The van der Waals surface area contributed by atoms with Gasteiger partial charge in [-0.1, -0.05) is 18.2 Å². The van der Waals surface area contributed by atoms with Crippen LogP contribution in [0.15, 0.2) is 47.4 Å². The summed E-state index contributed by atoms with van der Waals surface area (Å²) in [5.74, 6) is 0.293. The Hall–Kier alpha value is -1.92. The molecule has 0 spiro atoms. The summed E-state index contributed by atoms with van der Waals surface area (Å²) in [5, 5.41) is 0. The van der Waals surface area contributed by atoms with Crippen molar-refractivity contribution in [3.05, 3.63) is 59.4 Å². The Morgan fingerprint density at radius 1 is 1.09 bits per heavy atom. The van der Waals surface area contributed by atoms with E-state index in [9.17, 15) is 12.8 Å². The molecule has 0 aliphatic heterocycles. The van der Waals surface area contributed by atoms with Gasteiger partial charge in [-0.05, 0) is 49.2 Å². The maximum absolute atomic E-state index is 13.2. The summed E-state index contributed by atoms with van der Waals surface area (Å²) in [6, 6.07) is 11.2. The fourth-order valence-electron chi connectivity index (χ4n) is 1.92. The molecular formula is C16H18FNO3S. The van der Waals surface area contributed by atoms with E-state index >= 15 is 0 Å². The van der Waals surface area contributed by atoms with E-state index < -0.39 is 15.8 Å². The number of benzene rings is 2. The maximum Gasteiger partial charge on any atom is 0.240 e. The molecule has 0 aliphatic rings. The van der Waals surface area contributed by atoms with Gasteiger partial charge in [0.1, 0.15) is 18.2 Å². The normalized spacial score (nSPS) is 11.4. The van der Waals surface area contributed by atoms with E-state index in [0.717, 1.165) is 17.4 Å². The Morgan fingerprint density at radius 3 is 2.50 bits per heavy atom. The molecule has 2 rings (SSSR count). The van der Waals surface area contributed by atoms with Crippen LogP contribution in [0.2, 0.25) is 0 Å². The first-order valence-electron chi connectivity index (χ1n) is 6.84. The number of halogens is 1. The molecule has 0 aliphatic carbocycles. The van der Waals surface area contributed by atoms with Crippen molar-refractivity contribution in [2.75, 3.05) is 13.2 Å². The third-order valence-electron chi connectivity index (χ3n) is 3.19. The molecule has 4 nitrogen and oxygen atoms in total. The van der Waals surface area contributed by atoms with Crippen LogP contribution in [-0.2, 0) is 10.0 Å². The lowest BCUT2D eigenvalue weighted by molar-refractivity contribution is 0.320. The molecule has 2 aromatic carbocycles. The predicted molar refractivity (Wildman–Crippen MR) is 83.0 cm³/mol. The standard InChI is InChI=1S/C16H18FNO3S/c1-12-5-3-4-6-16(12)21-10-9-18-22(19,20)14-7-8-15(17)13(2)11-14/h3-8,11,18H,9-10H2,1-2H3. The van der Waals surface area contributed by atoms with Gasteiger partial charge < -0.3 is 4.74 Å². The van der Waals surface area contributed by atoms with Gasteiger partial charge in [-0.25, -0.2) is 17.5 Å². The minimum Gasteiger partial charge on any atom is -0.492 e. The first-order valence-corrected chi connectivity index (χ1v) is 8.33. The second-order valence-electron chi connectivity index (χ2n) is 4.92. The van der Waals surface area contributed by atoms with Gasteiger partial charge in [0, 0.05) is 6.54 Å². The van der Waals surface area contributed by atoms with E-state index in [4.69, 9.17) is 4.74 Å². The summed E-state index contributed by atoms with van der Waals surface area (Å²) in [4.78, 5) is 0.0438. The maximum atomic E-state index is 13.2. The fraction of sp³-hybridized carbons (Fsp3) is 0.250. The molecule has 6 heteroatoms. The number of sulfonamides is 1. The molecule has 2 aromatic rings. The van der Waals surface area contributed by atoms with Crippen LogP contribution in [0.1, 0.15) is 11.1 Å². The van der Waals surface area contributed by atoms with Crippen molar-refractivity contribution in [1.29, 1.82) is 0 Å². The van der Waals surface area contributed by atoms with Crippen molar-refractivity contribution in [2.45, 2.75) is 18.7 Å². The molecule has 118 valence electrons. The Labute approximate surface area is 130 Å². The van der Waals surface area contributed by atoms with Crippen LogP contribution in [0.4, 0.5) is 4.39 Å². The summed E-state index contributed by atoms with van der Waals surface area (Å²) in [6.45, 7) is 3.79. The summed E-state index contributed by atoms with van der Waals surface area (Å²) in [5.41, 5.74) is 1.28. The molecule has 22 heavy (non-hydrogen) atoms. The highest BCUT2D eigenvalue weighted by atomic mass is 32.2. The third kappa shape index (κ3) is 4.05. The first kappa shape index (κ1) is 16.5. The lowest BCUT2D eigenvalue weighted by Crippen LogP contribution is -2.28. The second-order valence-corrected chi connectivity index (χ2v) is 6.69. The summed E-state index contributed by atoms with van der Waals surface area (Å²) in [7, 11) is -3.66. The van der Waals surface area contributed by atoms with Crippen LogP contribution >= 0.6 is 0 Å². The number of aryl methyl sites for hydroxylation is 2. The Bertz CT molecular complexity index is 760. The molecule has 0 amide bonds. The number of para-hydroxylation sites is 1. The van der Waals surface area contributed by atoms with Gasteiger partial charge in [-0.2, -0.15) is 0 Å². The number of rotatable bonds is 6. The zero-order valence-electron chi connectivity index (χ0n) is 12.5. The summed E-state index contributed by atoms with van der Waals surface area (Å²) >= 11 is 0. The highest BCUT2D eigenvalue weighted by molar-refractivity contribution is 7.89. The SMILES string of the molecule is Cc1cc(S(=O)(=O)NCCOc2ccccc2C)ccc1F. The van der Waals surface area contributed by atoms with Crippen LogP contribution < -0.4 is 9.46 Å². The number of ether oxygens (including phenoxy) is 1. The number of nitrogens with one attached hydrogen (secondary N) is 1. The molecular weight excluding hydrogens is 305 g/mol. The number of hydrogen-bond acceptors (Lipinski definition) is 3. The van der Waals surface area contributed by atoms with Gasteiger partial charge in [0.2, 0.25) is 10.0 Å².